The molecule has 0 spiro atoms. The molecule has 1 fully saturated rings. The fourth-order valence-corrected chi connectivity index (χ4v) is 4.63. The summed E-state index contributed by atoms with van der Waals surface area (Å²) in [4.78, 5) is 42.5. The van der Waals surface area contributed by atoms with Gasteiger partial charge in [0.2, 0.25) is 11.9 Å². The van der Waals surface area contributed by atoms with Crippen LogP contribution in [0.1, 0.15) is 15.9 Å². The van der Waals surface area contributed by atoms with Gasteiger partial charge in [-0.3, -0.25) is 9.59 Å². The molecule has 1 atom stereocenters. The number of fused-ring (bicyclic) bond motifs is 1. The summed E-state index contributed by atoms with van der Waals surface area (Å²) in [5.74, 6) is 0.163. The maximum Gasteiger partial charge on any atom is 0.253 e. The normalized spacial score (nSPS) is 14.7. The molecule has 8 nitrogen and oxygen atoms in total. The average Bonchev–Trinajstić information content (AvgIpc) is 3.31. The highest BCUT2D eigenvalue weighted by Crippen LogP contribution is 2.21. The first-order valence-electron chi connectivity index (χ1n) is 11.5. The van der Waals surface area contributed by atoms with Gasteiger partial charge in [-0.15, -0.1) is 0 Å². The van der Waals surface area contributed by atoms with Crippen LogP contribution in [0.4, 0.5) is 5.95 Å². The lowest BCUT2D eigenvalue weighted by Gasteiger charge is -2.36. The maximum atomic E-state index is 13.7. The Labute approximate surface area is 207 Å². The van der Waals surface area contributed by atoms with Crippen molar-refractivity contribution < 1.29 is 9.59 Å². The van der Waals surface area contributed by atoms with E-state index in [0.29, 0.717) is 49.1 Å². The Balaban J connectivity index is 1.35. The summed E-state index contributed by atoms with van der Waals surface area (Å²) in [6, 6.07) is 15.8. The van der Waals surface area contributed by atoms with Gasteiger partial charge in [0, 0.05) is 62.1 Å². The Kier molecular flexibility index (Phi) is 6.63. The highest BCUT2D eigenvalue weighted by molar-refractivity contribution is 6.33. The molecule has 0 saturated carbocycles. The summed E-state index contributed by atoms with van der Waals surface area (Å²) in [5, 5.41) is 4.33. The largest absolute Gasteiger partial charge is 0.361 e. The quantitative estimate of drug-likeness (QED) is 0.434. The zero-order valence-corrected chi connectivity index (χ0v) is 19.8. The first-order valence-corrected chi connectivity index (χ1v) is 11.9. The first kappa shape index (κ1) is 22.9. The molecule has 2 aromatic heterocycles. The number of benzene rings is 2. The topological polar surface area (TPSA) is 94.2 Å². The molecule has 5 rings (SSSR count). The smallest absolute Gasteiger partial charge is 0.253 e. The molecule has 178 valence electrons. The number of aromatic amines is 1. The predicted octanol–water partition coefficient (Wildman–Crippen LogP) is 3.30. The average molecular weight is 489 g/mol. The van der Waals surface area contributed by atoms with E-state index >= 15 is 0 Å². The molecule has 1 aliphatic rings. The van der Waals surface area contributed by atoms with Crippen molar-refractivity contribution in [2.45, 2.75) is 12.5 Å². The lowest BCUT2D eigenvalue weighted by Crippen LogP contribution is -2.55. The van der Waals surface area contributed by atoms with Crippen molar-refractivity contribution in [3.05, 3.63) is 89.3 Å². The second kappa shape index (κ2) is 10.1. The maximum absolute atomic E-state index is 13.7. The highest BCUT2D eigenvalue weighted by atomic mass is 35.5. The Morgan fingerprint density at radius 2 is 1.69 bits per heavy atom. The molecule has 0 aliphatic carbocycles. The number of nitrogens with one attached hydrogen (secondary N) is 2. The van der Waals surface area contributed by atoms with Crippen molar-refractivity contribution in [2.75, 3.05) is 31.1 Å². The number of hydrogen-bond donors (Lipinski definition) is 2. The fraction of sp³-hybridized carbons (Fsp3) is 0.231. The fourth-order valence-electron chi connectivity index (χ4n) is 4.40. The number of aromatic nitrogens is 3. The molecule has 9 heteroatoms. The number of amides is 2. The van der Waals surface area contributed by atoms with E-state index in [1.54, 1.807) is 47.6 Å². The number of para-hydroxylation sites is 1. The van der Waals surface area contributed by atoms with Crippen molar-refractivity contribution in [2.24, 2.45) is 0 Å². The van der Waals surface area contributed by atoms with E-state index in [4.69, 9.17) is 11.6 Å². The summed E-state index contributed by atoms with van der Waals surface area (Å²) < 4.78 is 0. The van der Waals surface area contributed by atoms with Gasteiger partial charge in [0.15, 0.2) is 0 Å². The van der Waals surface area contributed by atoms with Gasteiger partial charge >= 0.3 is 0 Å². The van der Waals surface area contributed by atoms with Crippen molar-refractivity contribution >= 4 is 40.3 Å². The molecule has 35 heavy (non-hydrogen) atoms. The van der Waals surface area contributed by atoms with Gasteiger partial charge in [0.1, 0.15) is 6.04 Å². The van der Waals surface area contributed by atoms with E-state index in [9.17, 15) is 9.59 Å². The van der Waals surface area contributed by atoms with Crippen LogP contribution < -0.4 is 10.2 Å². The summed E-state index contributed by atoms with van der Waals surface area (Å²) in [6.45, 7) is 2.27. The minimum Gasteiger partial charge on any atom is -0.361 e. The molecule has 0 unspecified atom stereocenters. The van der Waals surface area contributed by atoms with Crippen LogP contribution >= 0.6 is 11.6 Å². The zero-order chi connectivity index (χ0) is 24.2. The molecular formula is C26H25ClN6O2. The molecule has 0 bridgehead atoms. The van der Waals surface area contributed by atoms with Crippen LogP contribution in [0.2, 0.25) is 5.02 Å². The van der Waals surface area contributed by atoms with Crippen LogP contribution in [-0.2, 0) is 11.2 Å². The van der Waals surface area contributed by atoms with Crippen molar-refractivity contribution in [1.29, 1.82) is 0 Å². The van der Waals surface area contributed by atoms with Crippen molar-refractivity contribution in [3.8, 4) is 0 Å². The molecule has 1 aliphatic heterocycles. The highest BCUT2D eigenvalue weighted by Gasteiger charge is 2.30. The van der Waals surface area contributed by atoms with E-state index in [2.05, 4.69) is 25.2 Å². The van der Waals surface area contributed by atoms with Crippen LogP contribution in [0, 0.1) is 0 Å². The molecule has 3 heterocycles. The lowest BCUT2D eigenvalue weighted by atomic mass is 10.0. The third-order valence-corrected chi connectivity index (χ3v) is 6.58. The third kappa shape index (κ3) is 4.97. The Hall–Kier alpha value is -3.91. The SMILES string of the molecule is O=C(N[C@@H](Cc1c[nH]c2ccccc12)C(=O)N1CCN(c2ncccn2)CC1)c1ccccc1Cl. The molecular weight excluding hydrogens is 464 g/mol. The molecule has 2 aromatic carbocycles. The number of piperazine rings is 1. The van der Waals surface area contributed by atoms with E-state index in [0.717, 1.165) is 16.5 Å². The van der Waals surface area contributed by atoms with Crippen LogP contribution in [0.25, 0.3) is 10.9 Å². The number of rotatable bonds is 6. The number of halogens is 1. The van der Waals surface area contributed by atoms with Crippen molar-refractivity contribution in [3.63, 3.8) is 0 Å². The second-order valence-corrected chi connectivity index (χ2v) is 8.84. The number of hydrogen-bond acceptors (Lipinski definition) is 5. The number of H-pyrrole nitrogens is 1. The minimum atomic E-state index is -0.738. The van der Waals surface area contributed by atoms with Gasteiger partial charge in [-0.2, -0.15) is 0 Å². The Bertz CT molecular complexity index is 1330. The van der Waals surface area contributed by atoms with E-state index in [1.165, 1.54) is 0 Å². The van der Waals surface area contributed by atoms with Crippen LogP contribution in [0.3, 0.4) is 0 Å². The summed E-state index contributed by atoms with van der Waals surface area (Å²) in [5.41, 5.74) is 2.30. The van der Waals surface area contributed by atoms with Gasteiger partial charge in [-0.25, -0.2) is 9.97 Å². The summed E-state index contributed by atoms with van der Waals surface area (Å²) >= 11 is 6.25. The van der Waals surface area contributed by atoms with Crippen LogP contribution in [0.15, 0.2) is 73.2 Å². The third-order valence-electron chi connectivity index (χ3n) is 6.25. The standard InChI is InChI=1S/C26H25ClN6O2/c27-21-8-3-1-7-20(21)24(34)31-23(16-18-17-30-22-9-4-2-6-19(18)22)25(35)32-12-14-33(15-13-32)26-28-10-5-11-29-26/h1-11,17,23,30H,12-16H2,(H,31,34)/t23-/m0/s1. The van der Waals surface area contributed by atoms with E-state index in [-0.39, 0.29) is 11.8 Å². The zero-order valence-electron chi connectivity index (χ0n) is 19.0. The molecule has 2 amide bonds. The minimum absolute atomic E-state index is 0.121. The molecule has 0 radical (unpaired) electrons. The van der Waals surface area contributed by atoms with Gasteiger partial charge in [0.05, 0.1) is 10.6 Å². The van der Waals surface area contributed by atoms with E-state index in [1.807, 2.05) is 30.5 Å². The number of nitrogens with zero attached hydrogens (tertiary/aromatic N) is 4. The predicted molar refractivity (Wildman–Crippen MR) is 136 cm³/mol. The van der Waals surface area contributed by atoms with Gasteiger partial charge < -0.3 is 20.1 Å². The van der Waals surface area contributed by atoms with Crippen LogP contribution in [0.5, 0.6) is 0 Å². The Morgan fingerprint density at radius 3 is 2.46 bits per heavy atom. The van der Waals surface area contributed by atoms with E-state index < -0.39 is 6.04 Å². The Morgan fingerprint density at radius 1 is 0.971 bits per heavy atom. The van der Waals surface area contributed by atoms with Gasteiger partial charge in [-0.1, -0.05) is 41.9 Å². The second-order valence-electron chi connectivity index (χ2n) is 8.43. The van der Waals surface area contributed by atoms with Gasteiger partial charge in [0.25, 0.3) is 5.91 Å². The molecule has 2 N–H and O–H groups in total. The number of carbonyl (C=O) groups is 2. The summed E-state index contributed by atoms with van der Waals surface area (Å²) in [6.07, 6.45) is 5.68. The number of carbonyl (C=O) groups excluding carboxylic acids is 2. The molecule has 1 saturated heterocycles. The van der Waals surface area contributed by atoms with Gasteiger partial charge in [-0.05, 0) is 29.8 Å². The lowest BCUT2D eigenvalue weighted by molar-refractivity contribution is -0.133. The van der Waals surface area contributed by atoms with Crippen molar-refractivity contribution in [1.82, 2.24) is 25.2 Å². The first-order chi connectivity index (χ1) is 17.1. The van der Waals surface area contributed by atoms with Crippen LogP contribution in [-0.4, -0.2) is 63.9 Å². The molecule has 4 aromatic rings. The number of anilines is 1. The monoisotopic (exact) mass is 488 g/mol. The summed E-state index contributed by atoms with van der Waals surface area (Å²) in [7, 11) is 0.